The van der Waals surface area contributed by atoms with Gasteiger partial charge in [-0.15, -0.1) is 0 Å². The molecule has 244 valence electrons. The first-order valence-electron chi connectivity index (χ1n) is 18.4. The van der Waals surface area contributed by atoms with E-state index >= 15 is 0 Å². The summed E-state index contributed by atoms with van der Waals surface area (Å²) in [5.74, 6) is 3.24. The van der Waals surface area contributed by atoms with Gasteiger partial charge in [0.15, 0.2) is 0 Å². The third kappa shape index (κ3) is 6.66. The molecule has 47 heavy (non-hydrogen) atoms. The molecule has 2 atom stereocenters. The lowest BCUT2D eigenvalue weighted by Gasteiger charge is -2.20. The Morgan fingerprint density at radius 1 is 0.489 bits per heavy atom. The first-order valence-corrected chi connectivity index (χ1v) is 20.4. The van der Waals surface area contributed by atoms with Crippen LogP contribution in [0, 0.1) is 0 Å². The third-order valence-electron chi connectivity index (χ3n) is 11.1. The van der Waals surface area contributed by atoms with Crippen molar-refractivity contribution < 1.29 is 0 Å². The molecular weight excluding hydrogens is 581 g/mol. The summed E-state index contributed by atoms with van der Waals surface area (Å²) in [6.07, 6.45) is 5.03. The maximum Gasteiger partial charge on any atom is 0.0218 e. The summed E-state index contributed by atoms with van der Waals surface area (Å²) >= 11 is 0. The van der Waals surface area contributed by atoms with Crippen LogP contribution in [0.4, 0.5) is 0 Å². The molecular formula is C46H56Si. The number of hydrogen-bond acceptors (Lipinski definition) is 0. The quantitative estimate of drug-likeness (QED) is 0.152. The Balaban J connectivity index is 1.23. The molecule has 2 unspecified atom stereocenters. The second-order valence-electron chi connectivity index (χ2n) is 15.8. The van der Waals surface area contributed by atoms with Crippen LogP contribution >= 0.6 is 0 Å². The molecule has 0 nitrogen and oxygen atoms in total. The van der Waals surface area contributed by atoms with E-state index in [0.717, 1.165) is 0 Å². The van der Waals surface area contributed by atoms with Gasteiger partial charge in [0.05, 0.1) is 0 Å². The van der Waals surface area contributed by atoms with E-state index in [1.807, 2.05) is 0 Å². The van der Waals surface area contributed by atoms with Gasteiger partial charge in [0.2, 0.25) is 0 Å². The molecule has 0 heterocycles. The van der Waals surface area contributed by atoms with Gasteiger partial charge in [-0.05, 0) is 104 Å². The predicted molar refractivity (Wildman–Crippen MR) is 211 cm³/mol. The number of rotatable bonds is 10. The summed E-state index contributed by atoms with van der Waals surface area (Å²) in [6, 6.07) is 31.5. The molecule has 1 heteroatoms. The van der Waals surface area contributed by atoms with Gasteiger partial charge >= 0.3 is 0 Å². The molecule has 0 spiro atoms. The van der Waals surface area contributed by atoms with E-state index in [4.69, 9.17) is 0 Å². The van der Waals surface area contributed by atoms with E-state index in [-0.39, 0.29) is 9.52 Å². The molecule has 0 amide bonds. The van der Waals surface area contributed by atoms with Gasteiger partial charge < -0.3 is 0 Å². The SMILES string of the molecule is CC1=Cc2c(-c3cc(C(C)C)cc(C(C)C)c3)cccc2C1C[SiH2]CC1C(C)=Cc2c(-c3cc(C(C)C)cc(C(C)C)c3)cccc21. The van der Waals surface area contributed by atoms with Crippen molar-refractivity contribution in [1.29, 1.82) is 0 Å². The van der Waals surface area contributed by atoms with E-state index < -0.39 is 0 Å². The highest BCUT2D eigenvalue weighted by atomic mass is 28.2. The highest BCUT2D eigenvalue weighted by Gasteiger charge is 2.28. The van der Waals surface area contributed by atoms with E-state index in [2.05, 4.69) is 154 Å². The zero-order chi connectivity index (χ0) is 33.6. The van der Waals surface area contributed by atoms with Crippen LogP contribution in [0.5, 0.6) is 0 Å². The largest absolute Gasteiger partial charge is 0.0655 e. The maximum atomic E-state index is 2.51. The molecule has 0 bridgehead atoms. The van der Waals surface area contributed by atoms with Gasteiger partial charge in [-0.3, -0.25) is 0 Å². The summed E-state index contributed by atoms with van der Waals surface area (Å²) in [6.45, 7) is 23.3. The zero-order valence-electron chi connectivity index (χ0n) is 30.7. The summed E-state index contributed by atoms with van der Waals surface area (Å²) in [7, 11) is -0.291. The normalized spacial score (nSPS) is 17.4. The van der Waals surface area contributed by atoms with Crippen LogP contribution in [0.25, 0.3) is 34.4 Å². The molecule has 2 aliphatic rings. The van der Waals surface area contributed by atoms with Crippen molar-refractivity contribution in [2.75, 3.05) is 0 Å². The smallest absolute Gasteiger partial charge is 0.0218 e. The van der Waals surface area contributed by atoms with Crippen LogP contribution in [0.3, 0.4) is 0 Å². The van der Waals surface area contributed by atoms with E-state index in [1.54, 1.807) is 22.3 Å². The van der Waals surface area contributed by atoms with Crippen LogP contribution in [-0.2, 0) is 0 Å². The Bertz CT molecular complexity index is 1660. The molecule has 4 aromatic rings. The number of hydrogen-bond donors (Lipinski definition) is 0. The molecule has 2 aliphatic carbocycles. The van der Waals surface area contributed by atoms with Crippen LogP contribution in [-0.4, -0.2) is 9.52 Å². The molecule has 4 aromatic carbocycles. The Hall–Kier alpha value is -3.42. The van der Waals surface area contributed by atoms with Crippen molar-refractivity contribution in [2.24, 2.45) is 0 Å². The first kappa shape index (κ1) is 33.5. The number of benzene rings is 4. The Morgan fingerprint density at radius 3 is 1.15 bits per heavy atom. The maximum absolute atomic E-state index is 2.51. The van der Waals surface area contributed by atoms with Crippen LogP contribution < -0.4 is 0 Å². The second-order valence-corrected chi connectivity index (χ2v) is 17.7. The second kappa shape index (κ2) is 13.6. The highest BCUT2D eigenvalue weighted by Crippen LogP contribution is 2.46. The Morgan fingerprint density at radius 2 is 0.830 bits per heavy atom. The van der Waals surface area contributed by atoms with Gasteiger partial charge in [-0.25, -0.2) is 0 Å². The van der Waals surface area contributed by atoms with Crippen molar-refractivity contribution in [2.45, 2.75) is 117 Å². The molecule has 0 fully saturated rings. The summed E-state index contributed by atoms with van der Waals surface area (Å²) in [5.41, 5.74) is 20.5. The number of fused-ring (bicyclic) bond motifs is 2. The fourth-order valence-electron chi connectivity index (χ4n) is 8.04. The fourth-order valence-corrected chi connectivity index (χ4v) is 10.6. The minimum Gasteiger partial charge on any atom is -0.0655 e. The van der Waals surface area contributed by atoms with Crippen LogP contribution in [0.15, 0.2) is 83.9 Å². The third-order valence-corrected chi connectivity index (χ3v) is 13.1. The van der Waals surface area contributed by atoms with E-state index in [9.17, 15) is 0 Å². The van der Waals surface area contributed by atoms with Gasteiger partial charge in [-0.1, -0.05) is 164 Å². The summed E-state index contributed by atoms with van der Waals surface area (Å²) in [4.78, 5) is 0. The van der Waals surface area contributed by atoms with Gasteiger partial charge in [-0.2, -0.15) is 0 Å². The lowest BCUT2D eigenvalue weighted by atomic mass is 9.88. The molecule has 0 radical (unpaired) electrons. The van der Waals surface area contributed by atoms with Crippen molar-refractivity contribution in [3.8, 4) is 22.3 Å². The van der Waals surface area contributed by atoms with Crippen molar-refractivity contribution in [3.05, 3.63) is 128 Å². The van der Waals surface area contributed by atoms with Crippen LogP contribution in [0.2, 0.25) is 12.1 Å². The van der Waals surface area contributed by atoms with E-state index in [0.29, 0.717) is 35.5 Å². The standard InChI is InChI=1S/C46H56Si/c1-27(2)33-19-34(28(3)4)22-37(21-33)39-13-11-15-41-43(39)17-31(9)45(41)25-47-26-46-32(10)18-44-40(14-12-16-42(44)46)38-23-35(29(5)6)20-36(24-38)30(7)8/h11-24,27-30,45-46H,25-26,47H2,1-10H3. The minimum atomic E-state index is -0.291. The fraction of sp³-hybridized carbons (Fsp3) is 0.391. The molecule has 0 aliphatic heterocycles. The molecule has 0 saturated carbocycles. The summed E-state index contributed by atoms with van der Waals surface area (Å²) < 4.78 is 0. The zero-order valence-corrected chi connectivity index (χ0v) is 32.1. The lowest BCUT2D eigenvalue weighted by Crippen LogP contribution is -2.07. The first-order chi connectivity index (χ1) is 22.4. The van der Waals surface area contributed by atoms with Crippen molar-refractivity contribution >= 4 is 21.7 Å². The minimum absolute atomic E-state index is 0.291. The van der Waals surface area contributed by atoms with Crippen molar-refractivity contribution in [3.63, 3.8) is 0 Å². The van der Waals surface area contributed by atoms with Crippen molar-refractivity contribution in [1.82, 2.24) is 0 Å². The highest BCUT2D eigenvalue weighted by molar-refractivity contribution is 6.36. The topological polar surface area (TPSA) is 0 Å². The summed E-state index contributed by atoms with van der Waals surface area (Å²) in [5, 5.41) is 0. The van der Waals surface area contributed by atoms with Gasteiger partial charge in [0.25, 0.3) is 0 Å². The molecule has 0 saturated heterocycles. The molecule has 6 rings (SSSR count). The Labute approximate surface area is 288 Å². The lowest BCUT2D eigenvalue weighted by molar-refractivity contribution is 0.834. The number of allylic oxidation sites excluding steroid dienone is 2. The van der Waals surface area contributed by atoms with Gasteiger partial charge in [0.1, 0.15) is 0 Å². The Kier molecular flexibility index (Phi) is 9.68. The van der Waals surface area contributed by atoms with E-state index in [1.165, 1.54) is 67.7 Å². The monoisotopic (exact) mass is 636 g/mol. The molecule has 0 N–H and O–H groups in total. The average molecular weight is 637 g/mol. The molecule has 0 aromatic heterocycles. The van der Waals surface area contributed by atoms with Gasteiger partial charge in [0, 0.05) is 21.4 Å². The predicted octanol–water partition coefficient (Wildman–Crippen LogP) is 13.2. The average Bonchev–Trinajstić information content (AvgIpc) is 3.54. The van der Waals surface area contributed by atoms with Crippen LogP contribution in [0.1, 0.15) is 149 Å².